The van der Waals surface area contributed by atoms with Crippen molar-refractivity contribution in [3.8, 4) is 0 Å². The zero-order chi connectivity index (χ0) is 10.8. The van der Waals surface area contributed by atoms with E-state index in [4.69, 9.17) is 4.42 Å². The van der Waals surface area contributed by atoms with Crippen molar-refractivity contribution in [2.24, 2.45) is 0 Å². The minimum atomic E-state index is -0.138. The molecule has 0 atom stereocenters. The van der Waals surface area contributed by atoms with E-state index in [-0.39, 0.29) is 5.78 Å². The third kappa shape index (κ3) is 2.18. The normalized spacial score (nSPS) is 10.5. The topological polar surface area (TPSA) is 46.0 Å². The molecule has 78 valence electrons. The van der Waals surface area contributed by atoms with Gasteiger partial charge in [-0.1, -0.05) is 0 Å². The van der Waals surface area contributed by atoms with Gasteiger partial charge < -0.3 is 9.40 Å². The Morgan fingerprint density at radius 1 is 1.53 bits per heavy atom. The van der Waals surface area contributed by atoms with Gasteiger partial charge in [0.1, 0.15) is 6.26 Å². The lowest BCUT2D eigenvalue weighted by atomic mass is 10.2. The van der Waals surface area contributed by atoms with Gasteiger partial charge in [-0.05, 0) is 34.3 Å². The maximum Gasteiger partial charge on any atom is 0.244 e. The van der Waals surface area contributed by atoms with Crippen LogP contribution < -0.4 is 0 Å². The lowest BCUT2D eigenvalue weighted by molar-refractivity contribution is 0.100. The Bertz CT molecular complexity index is 489. The SMILES string of the molecule is CSc1ccc(C(=O)c2cc(Br)co2)[nH]1. The summed E-state index contributed by atoms with van der Waals surface area (Å²) in [6.07, 6.45) is 3.44. The number of ketones is 1. The number of carbonyl (C=O) groups excluding carboxylic acids is 1. The van der Waals surface area contributed by atoms with Crippen LogP contribution in [-0.4, -0.2) is 17.0 Å². The summed E-state index contributed by atoms with van der Waals surface area (Å²) in [5, 5.41) is 0.962. The first-order valence-electron chi connectivity index (χ1n) is 4.22. The number of aromatic amines is 1. The van der Waals surface area contributed by atoms with E-state index in [1.807, 2.05) is 12.3 Å². The van der Waals surface area contributed by atoms with Gasteiger partial charge in [-0.25, -0.2) is 0 Å². The number of carbonyl (C=O) groups is 1. The first kappa shape index (κ1) is 10.6. The minimum Gasteiger partial charge on any atom is -0.460 e. The first-order valence-corrected chi connectivity index (χ1v) is 6.24. The highest BCUT2D eigenvalue weighted by molar-refractivity contribution is 9.10. The van der Waals surface area contributed by atoms with Crippen LogP contribution in [0.1, 0.15) is 16.2 Å². The molecule has 0 aliphatic heterocycles. The van der Waals surface area contributed by atoms with E-state index in [9.17, 15) is 4.79 Å². The standard InChI is InChI=1S/C10H8BrNO2S/c1-15-9-3-2-7(12-9)10(13)8-4-6(11)5-14-8/h2-5,12H,1H3. The van der Waals surface area contributed by atoms with E-state index >= 15 is 0 Å². The van der Waals surface area contributed by atoms with Gasteiger partial charge in [0.05, 0.1) is 15.2 Å². The summed E-state index contributed by atoms with van der Waals surface area (Å²) in [5.41, 5.74) is 0.543. The summed E-state index contributed by atoms with van der Waals surface area (Å²) in [5.74, 6) is 0.192. The molecule has 0 aliphatic rings. The van der Waals surface area contributed by atoms with E-state index in [1.165, 1.54) is 6.26 Å². The second-order valence-corrected chi connectivity index (χ2v) is 4.66. The van der Waals surface area contributed by atoms with Crippen molar-refractivity contribution in [2.45, 2.75) is 5.03 Å². The summed E-state index contributed by atoms with van der Waals surface area (Å²) >= 11 is 4.79. The lowest BCUT2D eigenvalue weighted by Gasteiger charge is -1.92. The van der Waals surface area contributed by atoms with Gasteiger partial charge in [0.15, 0.2) is 5.76 Å². The molecule has 0 fully saturated rings. The van der Waals surface area contributed by atoms with Crippen LogP contribution in [0.25, 0.3) is 0 Å². The fourth-order valence-electron chi connectivity index (χ4n) is 1.19. The second kappa shape index (κ2) is 4.28. The van der Waals surface area contributed by atoms with Crippen LogP contribution in [0.4, 0.5) is 0 Å². The molecule has 0 radical (unpaired) electrons. The summed E-state index contributed by atoms with van der Waals surface area (Å²) < 4.78 is 5.87. The Labute approximate surface area is 99.4 Å². The average Bonchev–Trinajstić information content (AvgIpc) is 2.84. The largest absolute Gasteiger partial charge is 0.460 e. The smallest absolute Gasteiger partial charge is 0.244 e. The van der Waals surface area contributed by atoms with E-state index in [1.54, 1.807) is 23.9 Å². The maximum absolute atomic E-state index is 11.8. The molecule has 1 N–H and O–H groups in total. The molecule has 5 heteroatoms. The molecule has 0 saturated carbocycles. The van der Waals surface area contributed by atoms with Crippen molar-refractivity contribution in [2.75, 3.05) is 6.26 Å². The molecule has 0 aromatic carbocycles. The predicted octanol–water partition coefficient (Wildman–Crippen LogP) is 3.32. The number of thioether (sulfide) groups is 1. The zero-order valence-corrected chi connectivity index (χ0v) is 10.3. The van der Waals surface area contributed by atoms with E-state index in [0.29, 0.717) is 11.5 Å². The highest BCUT2D eigenvalue weighted by atomic mass is 79.9. The number of rotatable bonds is 3. The molecular weight excluding hydrogens is 278 g/mol. The van der Waals surface area contributed by atoms with Gasteiger partial charge >= 0.3 is 0 Å². The number of nitrogens with one attached hydrogen (secondary N) is 1. The van der Waals surface area contributed by atoms with Crippen molar-refractivity contribution in [1.29, 1.82) is 0 Å². The van der Waals surface area contributed by atoms with Crippen molar-refractivity contribution in [3.63, 3.8) is 0 Å². The molecule has 2 rings (SSSR count). The summed E-state index contributed by atoms with van der Waals surface area (Å²) in [6, 6.07) is 5.28. The minimum absolute atomic E-state index is 0.138. The molecule has 0 aliphatic carbocycles. The Kier molecular flexibility index (Phi) is 3.02. The molecule has 15 heavy (non-hydrogen) atoms. The van der Waals surface area contributed by atoms with Gasteiger partial charge in [0.2, 0.25) is 5.78 Å². The monoisotopic (exact) mass is 285 g/mol. The molecule has 3 nitrogen and oxygen atoms in total. The van der Waals surface area contributed by atoms with Gasteiger partial charge in [0.25, 0.3) is 0 Å². The third-order valence-corrected chi connectivity index (χ3v) is 3.01. The van der Waals surface area contributed by atoms with Crippen molar-refractivity contribution < 1.29 is 9.21 Å². The molecule has 2 aromatic heterocycles. The first-order chi connectivity index (χ1) is 7.20. The molecule has 2 heterocycles. The molecule has 0 saturated heterocycles. The highest BCUT2D eigenvalue weighted by Crippen LogP contribution is 2.19. The fourth-order valence-corrected chi connectivity index (χ4v) is 1.91. The summed E-state index contributed by atoms with van der Waals surface area (Å²) in [4.78, 5) is 14.8. The Hall–Kier alpha value is -0.940. The summed E-state index contributed by atoms with van der Waals surface area (Å²) in [6.45, 7) is 0. The van der Waals surface area contributed by atoms with Crippen LogP contribution in [-0.2, 0) is 0 Å². The molecule has 0 unspecified atom stereocenters. The number of furan rings is 1. The molecule has 0 amide bonds. The fraction of sp³-hybridized carbons (Fsp3) is 0.100. The number of hydrogen-bond donors (Lipinski definition) is 1. The highest BCUT2D eigenvalue weighted by Gasteiger charge is 2.14. The summed E-state index contributed by atoms with van der Waals surface area (Å²) in [7, 11) is 0. The quantitative estimate of drug-likeness (QED) is 0.695. The van der Waals surface area contributed by atoms with Crippen LogP contribution in [0.15, 0.2) is 38.4 Å². The number of H-pyrrole nitrogens is 1. The van der Waals surface area contributed by atoms with Crippen LogP contribution in [0, 0.1) is 0 Å². The number of halogens is 1. The number of aromatic nitrogens is 1. The second-order valence-electron chi connectivity index (χ2n) is 2.90. The van der Waals surface area contributed by atoms with Gasteiger partial charge in [-0.15, -0.1) is 11.8 Å². The zero-order valence-electron chi connectivity index (χ0n) is 7.91. The lowest BCUT2D eigenvalue weighted by Crippen LogP contribution is -1.99. The van der Waals surface area contributed by atoms with Crippen LogP contribution in [0.3, 0.4) is 0 Å². The van der Waals surface area contributed by atoms with E-state index < -0.39 is 0 Å². The van der Waals surface area contributed by atoms with Crippen molar-refractivity contribution in [3.05, 3.63) is 40.4 Å². The Balaban J connectivity index is 2.28. The van der Waals surface area contributed by atoms with Crippen molar-refractivity contribution >= 4 is 33.5 Å². The van der Waals surface area contributed by atoms with Crippen molar-refractivity contribution in [1.82, 2.24) is 4.98 Å². The number of hydrogen-bond acceptors (Lipinski definition) is 3. The predicted molar refractivity (Wildman–Crippen MR) is 62.4 cm³/mol. The Morgan fingerprint density at radius 2 is 2.33 bits per heavy atom. The van der Waals surface area contributed by atoms with Crippen LogP contribution >= 0.6 is 27.7 Å². The maximum atomic E-state index is 11.8. The van der Waals surface area contributed by atoms with E-state index in [0.717, 1.165) is 9.50 Å². The van der Waals surface area contributed by atoms with Gasteiger partial charge in [-0.2, -0.15) is 0 Å². The average molecular weight is 286 g/mol. The van der Waals surface area contributed by atoms with E-state index in [2.05, 4.69) is 20.9 Å². The molecule has 0 spiro atoms. The molecular formula is C10H8BrNO2S. The van der Waals surface area contributed by atoms with Crippen LogP contribution in [0.2, 0.25) is 0 Å². The molecule has 2 aromatic rings. The third-order valence-electron chi connectivity index (χ3n) is 1.92. The van der Waals surface area contributed by atoms with Crippen LogP contribution in [0.5, 0.6) is 0 Å². The Morgan fingerprint density at radius 3 is 2.87 bits per heavy atom. The molecule has 0 bridgehead atoms. The van der Waals surface area contributed by atoms with Gasteiger partial charge in [0, 0.05) is 6.07 Å². The van der Waals surface area contributed by atoms with Gasteiger partial charge in [-0.3, -0.25) is 4.79 Å².